The Morgan fingerprint density at radius 3 is 2.23 bits per heavy atom. The van der Waals surface area contributed by atoms with Gasteiger partial charge in [0, 0.05) is 45.0 Å². The van der Waals surface area contributed by atoms with Crippen LogP contribution in [-0.2, 0) is 4.79 Å². The van der Waals surface area contributed by atoms with Gasteiger partial charge in [-0.05, 0) is 50.8 Å². The molecule has 3 amide bonds. The maximum atomic E-state index is 12.7. The van der Waals surface area contributed by atoms with Crippen molar-refractivity contribution >= 4 is 17.6 Å². The summed E-state index contributed by atoms with van der Waals surface area (Å²) >= 11 is 0. The van der Waals surface area contributed by atoms with Crippen LogP contribution < -0.4 is 5.32 Å². The maximum Gasteiger partial charge on any atom is 0.320 e. The Morgan fingerprint density at radius 2 is 1.58 bits per heavy atom. The van der Waals surface area contributed by atoms with Crippen molar-refractivity contribution in [3.8, 4) is 0 Å². The summed E-state index contributed by atoms with van der Waals surface area (Å²) in [5, 5.41) is 3.06. The van der Waals surface area contributed by atoms with Crippen molar-refractivity contribution in [2.75, 3.05) is 44.6 Å². The Hall–Kier alpha value is -2.08. The van der Waals surface area contributed by atoms with Crippen LogP contribution in [0.4, 0.5) is 10.5 Å². The number of rotatable bonds is 3. The van der Waals surface area contributed by atoms with Gasteiger partial charge in [-0.25, -0.2) is 4.79 Å². The lowest BCUT2D eigenvalue weighted by molar-refractivity contribution is -0.121. The van der Waals surface area contributed by atoms with Crippen LogP contribution in [-0.4, -0.2) is 71.9 Å². The number of hydrogen-bond acceptors (Lipinski definition) is 3. The summed E-state index contributed by atoms with van der Waals surface area (Å²) in [6.07, 6.45) is 2.22. The van der Waals surface area contributed by atoms with Crippen molar-refractivity contribution in [2.45, 2.75) is 39.7 Å². The van der Waals surface area contributed by atoms with Crippen molar-refractivity contribution in [1.82, 2.24) is 14.7 Å². The van der Waals surface area contributed by atoms with Gasteiger partial charge >= 0.3 is 6.03 Å². The molecule has 6 nitrogen and oxygen atoms in total. The van der Waals surface area contributed by atoms with Gasteiger partial charge in [0.15, 0.2) is 0 Å². The minimum atomic E-state index is -0.209. The second-order valence-corrected chi connectivity index (χ2v) is 7.48. The van der Waals surface area contributed by atoms with E-state index in [0.29, 0.717) is 13.1 Å². The Kier molecular flexibility index (Phi) is 5.81. The molecular formula is C20H30N4O2. The van der Waals surface area contributed by atoms with Crippen LogP contribution in [0.15, 0.2) is 18.2 Å². The van der Waals surface area contributed by atoms with Crippen LogP contribution in [0, 0.1) is 13.8 Å². The third-order valence-corrected chi connectivity index (χ3v) is 5.54. The van der Waals surface area contributed by atoms with Gasteiger partial charge in [0.25, 0.3) is 0 Å². The first-order valence-electron chi connectivity index (χ1n) is 9.62. The number of carbonyl (C=O) groups excluding carboxylic acids is 2. The quantitative estimate of drug-likeness (QED) is 0.903. The number of amides is 3. The molecule has 2 aliphatic rings. The Bertz CT molecular complexity index is 662. The molecule has 0 saturated carbocycles. The summed E-state index contributed by atoms with van der Waals surface area (Å²) in [5.41, 5.74) is 3.08. The van der Waals surface area contributed by atoms with Gasteiger partial charge in [-0.15, -0.1) is 0 Å². The van der Waals surface area contributed by atoms with Crippen LogP contribution in [0.5, 0.6) is 0 Å². The van der Waals surface area contributed by atoms with E-state index < -0.39 is 0 Å². The molecule has 1 aromatic rings. The molecule has 1 aromatic carbocycles. The van der Waals surface area contributed by atoms with Gasteiger partial charge in [0.05, 0.1) is 6.04 Å². The molecule has 142 valence electrons. The monoisotopic (exact) mass is 358 g/mol. The van der Waals surface area contributed by atoms with Crippen LogP contribution in [0.2, 0.25) is 0 Å². The molecular weight excluding hydrogens is 328 g/mol. The van der Waals surface area contributed by atoms with Crippen molar-refractivity contribution in [2.24, 2.45) is 0 Å². The Labute approximate surface area is 156 Å². The van der Waals surface area contributed by atoms with Gasteiger partial charge in [0.2, 0.25) is 5.91 Å². The molecule has 1 N–H and O–H groups in total. The smallest absolute Gasteiger partial charge is 0.320 e. The molecule has 2 heterocycles. The minimum Gasteiger partial charge on any atom is -0.325 e. The fraction of sp³-hybridized carbons (Fsp3) is 0.600. The lowest BCUT2D eigenvalue weighted by Gasteiger charge is -2.38. The fourth-order valence-corrected chi connectivity index (χ4v) is 3.68. The molecule has 1 atom stereocenters. The van der Waals surface area contributed by atoms with Crippen molar-refractivity contribution < 1.29 is 9.59 Å². The average Bonchev–Trinajstić information content (AvgIpc) is 3.18. The van der Waals surface area contributed by atoms with E-state index in [2.05, 4.69) is 10.2 Å². The number of nitrogens with one attached hydrogen (secondary N) is 1. The molecule has 26 heavy (non-hydrogen) atoms. The lowest BCUT2D eigenvalue weighted by Crippen LogP contribution is -2.56. The van der Waals surface area contributed by atoms with E-state index in [-0.39, 0.29) is 18.0 Å². The van der Waals surface area contributed by atoms with Crippen LogP contribution in [0.25, 0.3) is 0 Å². The molecule has 0 aromatic heterocycles. The third kappa shape index (κ3) is 4.18. The highest BCUT2D eigenvalue weighted by molar-refractivity contribution is 5.95. The van der Waals surface area contributed by atoms with E-state index in [1.807, 2.05) is 48.8 Å². The zero-order valence-electron chi connectivity index (χ0n) is 16.1. The largest absolute Gasteiger partial charge is 0.325 e. The summed E-state index contributed by atoms with van der Waals surface area (Å²) in [6, 6.07) is 6.03. The first-order chi connectivity index (χ1) is 12.5. The van der Waals surface area contributed by atoms with Crippen LogP contribution in [0.3, 0.4) is 0 Å². The number of benzene rings is 1. The van der Waals surface area contributed by atoms with Gasteiger partial charge < -0.3 is 15.1 Å². The number of urea groups is 1. The van der Waals surface area contributed by atoms with Crippen LogP contribution in [0.1, 0.15) is 30.9 Å². The highest BCUT2D eigenvalue weighted by atomic mass is 16.2. The molecule has 0 radical (unpaired) electrons. The predicted molar refractivity (Wildman–Crippen MR) is 103 cm³/mol. The van der Waals surface area contributed by atoms with Crippen LogP contribution >= 0.6 is 0 Å². The molecule has 3 rings (SSSR count). The Balaban J connectivity index is 1.52. The molecule has 2 aliphatic heterocycles. The summed E-state index contributed by atoms with van der Waals surface area (Å²) < 4.78 is 0. The molecule has 0 unspecified atom stereocenters. The normalized spacial score (nSPS) is 19.5. The van der Waals surface area contributed by atoms with E-state index in [9.17, 15) is 9.59 Å². The summed E-state index contributed by atoms with van der Waals surface area (Å²) in [6.45, 7) is 10.6. The molecule has 0 spiro atoms. The number of piperazine rings is 1. The van der Waals surface area contributed by atoms with E-state index in [1.54, 1.807) is 0 Å². The SMILES string of the molecule is Cc1ccc(C)c(NC(=O)[C@H](C)N2CCN(C(=O)N3CCCC3)CC2)c1. The number of likely N-dealkylation sites (tertiary alicyclic amines) is 1. The third-order valence-electron chi connectivity index (χ3n) is 5.54. The standard InChI is InChI=1S/C20H30N4O2/c1-15-6-7-16(2)18(14-15)21-19(25)17(3)22-10-12-24(13-11-22)20(26)23-8-4-5-9-23/h6-7,14,17H,4-5,8-13H2,1-3H3,(H,21,25)/t17-/m0/s1. The Morgan fingerprint density at radius 1 is 0.962 bits per heavy atom. The fourth-order valence-electron chi connectivity index (χ4n) is 3.68. The zero-order valence-corrected chi connectivity index (χ0v) is 16.1. The molecule has 2 fully saturated rings. The highest BCUT2D eigenvalue weighted by Gasteiger charge is 2.30. The summed E-state index contributed by atoms with van der Waals surface area (Å²) in [5.74, 6) is 0.0121. The molecule has 6 heteroatoms. The highest BCUT2D eigenvalue weighted by Crippen LogP contribution is 2.18. The first kappa shape index (κ1) is 18.7. The number of hydrogen-bond donors (Lipinski definition) is 1. The van der Waals surface area contributed by atoms with E-state index in [1.165, 1.54) is 0 Å². The molecule has 0 bridgehead atoms. The van der Waals surface area contributed by atoms with Gasteiger partial charge in [-0.1, -0.05) is 12.1 Å². The lowest BCUT2D eigenvalue weighted by atomic mass is 10.1. The van der Waals surface area contributed by atoms with Crippen molar-refractivity contribution in [3.63, 3.8) is 0 Å². The van der Waals surface area contributed by atoms with Gasteiger partial charge in [-0.2, -0.15) is 0 Å². The molecule has 2 saturated heterocycles. The average molecular weight is 358 g/mol. The van der Waals surface area contributed by atoms with Crippen molar-refractivity contribution in [1.29, 1.82) is 0 Å². The topological polar surface area (TPSA) is 55.9 Å². The summed E-state index contributed by atoms with van der Waals surface area (Å²) in [4.78, 5) is 31.2. The number of anilines is 1. The van der Waals surface area contributed by atoms with E-state index in [4.69, 9.17) is 0 Å². The van der Waals surface area contributed by atoms with E-state index in [0.717, 1.165) is 55.8 Å². The second-order valence-electron chi connectivity index (χ2n) is 7.48. The minimum absolute atomic E-state index is 0.0121. The van der Waals surface area contributed by atoms with E-state index >= 15 is 0 Å². The predicted octanol–water partition coefficient (Wildman–Crippen LogP) is 2.46. The van der Waals surface area contributed by atoms with Crippen molar-refractivity contribution in [3.05, 3.63) is 29.3 Å². The second kappa shape index (κ2) is 8.08. The number of nitrogens with zero attached hydrogens (tertiary/aromatic N) is 3. The van der Waals surface area contributed by atoms with Gasteiger partial charge in [0.1, 0.15) is 0 Å². The molecule has 0 aliphatic carbocycles. The maximum absolute atomic E-state index is 12.7. The van der Waals surface area contributed by atoms with Gasteiger partial charge in [-0.3, -0.25) is 9.69 Å². The number of carbonyl (C=O) groups is 2. The zero-order chi connectivity index (χ0) is 18.7. The number of aryl methyl sites for hydroxylation is 2. The first-order valence-corrected chi connectivity index (χ1v) is 9.62. The summed E-state index contributed by atoms with van der Waals surface area (Å²) in [7, 11) is 0.